The van der Waals surface area contributed by atoms with Gasteiger partial charge in [-0.05, 0) is 43.7 Å². The van der Waals surface area contributed by atoms with E-state index in [4.69, 9.17) is 16.3 Å². The summed E-state index contributed by atoms with van der Waals surface area (Å²) >= 11 is 5.93. The number of anilines is 2. The average Bonchev–Trinajstić information content (AvgIpc) is 3.05. The third kappa shape index (κ3) is 4.70. The molecule has 1 fully saturated rings. The summed E-state index contributed by atoms with van der Waals surface area (Å²) in [6, 6.07) is 12.7. The fraction of sp³-hybridized carbons (Fsp3) is 0.286. The number of benzene rings is 2. The quantitative estimate of drug-likeness (QED) is 0.779. The first-order chi connectivity index (χ1) is 13.3. The van der Waals surface area contributed by atoms with Crippen molar-refractivity contribution in [2.24, 2.45) is 5.92 Å². The molecular weight excluding hydrogens is 380 g/mol. The molecule has 1 saturated heterocycles. The fourth-order valence-corrected chi connectivity index (χ4v) is 3.18. The molecule has 0 saturated carbocycles. The lowest BCUT2D eigenvalue weighted by molar-refractivity contribution is -0.151. The number of hydrogen-bond donors (Lipinski definition) is 1. The monoisotopic (exact) mass is 400 g/mol. The highest BCUT2D eigenvalue weighted by atomic mass is 35.5. The van der Waals surface area contributed by atoms with Gasteiger partial charge in [-0.2, -0.15) is 0 Å². The van der Waals surface area contributed by atoms with Crippen molar-refractivity contribution < 1.29 is 19.1 Å². The zero-order valence-corrected chi connectivity index (χ0v) is 16.5. The molecule has 0 aromatic heterocycles. The van der Waals surface area contributed by atoms with Crippen LogP contribution in [0.25, 0.3) is 0 Å². The summed E-state index contributed by atoms with van der Waals surface area (Å²) in [5, 5.41) is 3.17. The smallest absolute Gasteiger partial charge is 0.311 e. The summed E-state index contributed by atoms with van der Waals surface area (Å²) in [4.78, 5) is 38.2. The Morgan fingerprint density at radius 1 is 1.18 bits per heavy atom. The second-order valence-electron chi connectivity index (χ2n) is 6.86. The summed E-state index contributed by atoms with van der Waals surface area (Å²) in [5.41, 5.74) is 3.25. The molecule has 0 bridgehead atoms. The van der Waals surface area contributed by atoms with Crippen molar-refractivity contribution in [1.82, 2.24) is 0 Å². The highest BCUT2D eigenvalue weighted by Crippen LogP contribution is 2.26. The Labute approximate surface area is 168 Å². The lowest BCUT2D eigenvalue weighted by Crippen LogP contribution is -2.28. The summed E-state index contributed by atoms with van der Waals surface area (Å²) in [6.45, 7) is 3.63. The van der Waals surface area contributed by atoms with Gasteiger partial charge in [0, 0.05) is 29.4 Å². The SMILES string of the molecule is Cc1ccc(N2C[C@@H](C(=O)OCC(=O)Nc3cc(Cl)ccc3C)CC2=O)cc1. The van der Waals surface area contributed by atoms with Gasteiger partial charge < -0.3 is 15.0 Å². The average molecular weight is 401 g/mol. The van der Waals surface area contributed by atoms with Crippen molar-refractivity contribution >= 4 is 40.8 Å². The van der Waals surface area contributed by atoms with E-state index >= 15 is 0 Å². The first-order valence-corrected chi connectivity index (χ1v) is 9.31. The van der Waals surface area contributed by atoms with Crippen LogP contribution in [0, 0.1) is 19.8 Å². The number of nitrogens with one attached hydrogen (secondary N) is 1. The number of esters is 1. The van der Waals surface area contributed by atoms with Crippen LogP contribution in [0.15, 0.2) is 42.5 Å². The summed E-state index contributed by atoms with van der Waals surface area (Å²) in [7, 11) is 0. The lowest BCUT2D eigenvalue weighted by Gasteiger charge is -2.16. The van der Waals surface area contributed by atoms with Crippen molar-refractivity contribution in [3.63, 3.8) is 0 Å². The predicted octanol–water partition coefficient (Wildman–Crippen LogP) is 3.49. The Balaban J connectivity index is 1.53. The number of carbonyl (C=O) groups excluding carboxylic acids is 3. The van der Waals surface area contributed by atoms with E-state index in [1.165, 1.54) is 0 Å². The Hall–Kier alpha value is -2.86. The second-order valence-corrected chi connectivity index (χ2v) is 7.29. The number of aryl methyl sites for hydroxylation is 2. The summed E-state index contributed by atoms with van der Waals surface area (Å²) in [6.07, 6.45) is 0.0712. The molecule has 1 aliphatic rings. The Bertz CT molecular complexity index is 911. The molecule has 2 aromatic carbocycles. The van der Waals surface area contributed by atoms with Gasteiger partial charge in [-0.3, -0.25) is 14.4 Å². The van der Waals surface area contributed by atoms with Gasteiger partial charge in [0.15, 0.2) is 6.61 Å². The van der Waals surface area contributed by atoms with Crippen molar-refractivity contribution in [2.45, 2.75) is 20.3 Å². The van der Waals surface area contributed by atoms with Gasteiger partial charge in [-0.15, -0.1) is 0 Å². The molecule has 6 nitrogen and oxygen atoms in total. The van der Waals surface area contributed by atoms with E-state index in [0.717, 1.165) is 16.8 Å². The predicted molar refractivity (Wildman–Crippen MR) is 107 cm³/mol. The minimum Gasteiger partial charge on any atom is -0.455 e. The maximum Gasteiger partial charge on any atom is 0.311 e. The highest BCUT2D eigenvalue weighted by molar-refractivity contribution is 6.31. The molecule has 0 unspecified atom stereocenters. The third-order valence-corrected chi connectivity index (χ3v) is 4.86. The van der Waals surface area contributed by atoms with Crippen LogP contribution in [0.4, 0.5) is 11.4 Å². The first kappa shape index (κ1) is 19.9. The molecule has 1 heterocycles. The second kappa shape index (κ2) is 8.44. The Kier molecular flexibility index (Phi) is 5.99. The van der Waals surface area contributed by atoms with Gasteiger partial charge >= 0.3 is 5.97 Å². The topological polar surface area (TPSA) is 75.7 Å². The van der Waals surface area contributed by atoms with Crippen LogP contribution in [-0.4, -0.2) is 30.9 Å². The number of hydrogen-bond acceptors (Lipinski definition) is 4. The van der Waals surface area contributed by atoms with E-state index in [2.05, 4.69) is 5.32 Å². The molecule has 0 spiro atoms. The number of rotatable bonds is 5. The molecule has 1 atom stereocenters. The normalized spacial score (nSPS) is 16.2. The van der Waals surface area contributed by atoms with Crippen molar-refractivity contribution in [1.29, 1.82) is 0 Å². The molecular formula is C21H21ClN2O4. The molecule has 28 heavy (non-hydrogen) atoms. The summed E-state index contributed by atoms with van der Waals surface area (Å²) in [5.74, 6) is -1.74. The number of amides is 2. The zero-order chi connectivity index (χ0) is 20.3. The maximum atomic E-state index is 12.3. The lowest BCUT2D eigenvalue weighted by atomic mass is 10.1. The van der Waals surface area contributed by atoms with E-state index < -0.39 is 24.4 Å². The maximum absolute atomic E-state index is 12.3. The van der Waals surface area contributed by atoms with Crippen LogP contribution >= 0.6 is 11.6 Å². The van der Waals surface area contributed by atoms with Crippen molar-refractivity contribution in [2.75, 3.05) is 23.4 Å². The standard InChI is InChI=1S/C21H21ClN2O4/c1-13-3-7-17(8-4-13)24-11-15(9-20(24)26)21(27)28-12-19(25)23-18-10-16(22)6-5-14(18)2/h3-8,10,15H,9,11-12H2,1-2H3,(H,23,25)/t15-/m0/s1. The van der Waals surface area contributed by atoms with Gasteiger partial charge in [-0.1, -0.05) is 35.4 Å². The van der Waals surface area contributed by atoms with Crippen LogP contribution in [-0.2, 0) is 19.1 Å². The number of ether oxygens (including phenoxy) is 1. The minimum atomic E-state index is -0.588. The minimum absolute atomic E-state index is 0.0712. The first-order valence-electron chi connectivity index (χ1n) is 8.93. The van der Waals surface area contributed by atoms with Crippen LogP contribution in [0.1, 0.15) is 17.5 Å². The Morgan fingerprint density at radius 3 is 2.61 bits per heavy atom. The molecule has 0 radical (unpaired) electrons. The number of nitrogens with zero attached hydrogens (tertiary/aromatic N) is 1. The summed E-state index contributed by atoms with van der Waals surface area (Å²) < 4.78 is 5.12. The number of halogens is 1. The molecule has 146 valence electrons. The van der Waals surface area contributed by atoms with Gasteiger partial charge in [0.2, 0.25) is 5.91 Å². The van der Waals surface area contributed by atoms with E-state index in [0.29, 0.717) is 10.7 Å². The van der Waals surface area contributed by atoms with Crippen molar-refractivity contribution in [3.8, 4) is 0 Å². The molecule has 0 aliphatic carbocycles. The fourth-order valence-electron chi connectivity index (χ4n) is 3.01. The van der Waals surface area contributed by atoms with Crippen LogP contribution in [0.2, 0.25) is 5.02 Å². The molecule has 3 rings (SSSR count). The van der Waals surface area contributed by atoms with Crippen LogP contribution in [0.3, 0.4) is 0 Å². The number of carbonyl (C=O) groups is 3. The highest BCUT2D eigenvalue weighted by Gasteiger charge is 2.36. The van der Waals surface area contributed by atoms with Crippen molar-refractivity contribution in [3.05, 3.63) is 58.6 Å². The third-order valence-electron chi connectivity index (χ3n) is 4.62. The van der Waals surface area contributed by atoms with Crippen LogP contribution in [0.5, 0.6) is 0 Å². The molecule has 7 heteroatoms. The van der Waals surface area contributed by atoms with E-state index in [1.807, 2.05) is 38.1 Å². The van der Waals surface area contributed by atoms with Gasteiger partial charge in [0.1, 0.15) is 0 Å². The van der Waals surface area contributed by atoms with E-state index in [-0.39, 0.29) is 18.9 Å². The largest absolute Gasteiger partial charge is 0.455 e. The molecule has 2 amide bonds. The van der Waals surface area contributed by atoms with Gasteiger partial charge in [-0.25, -0.2) is 0 Å². The molecule has 1 N–H and O–H groups in total. The van der Waals surface area contributed by atoms with Gasteiger partial charge in [0.05, 0.1) is 5.92 Å². The van der Waals surface area contributed by atoms with Gasteiger partial charge in [0.25, 0.3) is 5.91 Å². The van der Waals surface area contributed by atoms with Crippen LogP contribution < -0.4 is 10.2 Å². The van der Waals surface area contributed by atoms with E-state index in [9.17, 15) is 14.4 Å². The molecule has 2 aromatic rings. The zero-order valence-electron chi connectivity index (χ0n) is 15.7. The molecule has 1 aliphatic heterocycles. The van der Waals surface area contributed by atoms with E-state index in [1.54, 1.807) is 23.1 Å². The Morgan fingerprint density at radius 2 is 1.89 bits per heavy atom.